The van der Waals surface area contributed by atoms with Crippen LogP contribution in [0.25, 0.3) is 5.76 Å². The quantitative estimate of drug-likeness (QED) is 0.210. The molecule has 0 unspecified atom stereocenters. The fourth-order valence-corrected chi connectivity index (χ4v) is 4.74. The summed E-state index contributed by atoms with van der Waals surface area (Å²) in [5, 5.41) is 11.4. The zero-order valence-corrected chi connectivity index (χ0v) is 23.2. The zero-order chi connectivity index (χ0) is 28.8. The molecule has 1 saturated heterocycles. The van der Waals surface area contributed by atoms with Gasteiger partial charge in [0.05, 0.1) is 39.6 Å². The van der Waals surface area contributed by atoms with Crippen LogP contribution in [0.15, 0.2) is 66.2 Å². The molecule has 9 heteroatoms. The zero-order valence-electron chi connectivity index (χ0n) is 23.2. The van der Waals surface area contributed by atoms with Crippen molar-refractivity contribution >= 4 is 17.4 Å². The number of hydrogen-bond acceptors (Lipinski definition) is 8. The van der Waals surface area contributed by atoms with Crippen LogP contribution in [-0.4, -0.2) is 63.3 Å². The SMILES string of the molecule is COCCN1C(=O)C(=O)/C(=C(/O)c2ccc(OCc3cccc(C)c3)cc2)[C@H]1c1cc(OC)c(OC)c(OC)c1. The molecule has 0 spiro atoms. The summed E-state index contributed by atoms with van der Waals surface area (Å²) in [7, 11) is 5.95. The maximum absolute atomic E-state index is 13.3. The van der Waals surface area contributed by atoms with Gasteiger partial charge < -0.3 is 33.7 Å². The van der Waals surface area contributed by atoms with Gasteiger partial charge in [0.2, 0.25) is 5.75 Å². The number of Topliss-reactive ketones (excluding diaryl/α,β-unsaturated/α-hetero) is 1. The van der Waals surface area contributed by atoms with Gasteiger partial charge in [-0.15, -0.1) is 0 Å². The number of amides is 1. The minimum absolute atomic E-state index is 0.0520. The molecule has 1 fully saturated rings. The van der Waals surface area contributed by atoms with E-state index in [1.54, 1.807) is 36.4 Å². The van der Waals surface area contributed by atoms with E-state index in [2.05, 4.69) is 0 Å². The molecule has 1 atom stereocenters. The number of benzene rings is 3. The first-order valence-electron chi connectivity index (χ1n) is 12.7. The Kier molecular flexibility index (Phi) is 8.96. The Morgan fingerprint density at radius 3 is 2.15 bits per heavy atom. The Bertz CT molecular complexity index is 1390. The molecule has 1 aliphatic rings. The summed E-state index contributed by atoms with van der Waals surface area (Å²) in [5.74, 6) is -0.179. The number of carbonyl (C=O) groups is 2. The van der Waals surface area contributed by atoms with Gasteiger partial charge in [-0.2, -0.15) is 0 Å². The van der Waals surface area contributed by atoms with Gasteiger partial charge in [-0.25, -0.2) is 0 Å². The first kappa shape index (κ1) is 28.5. The lowest BCUT2D eigenvalue weighted by Gasteiger charge is -2.26. The van der Waals surface area contributed by atoms with Crippen molar-refractivity contribution in [2.75, 3.05) is 41.6 Å². The number of ketones is 1. The van der Waals surface area contributed by atoms with E-state index < -0.39 is 17.7 Å². The van der Waals surface area contributed by atoms with E-state index in [-0.39, 0.29) is 24.5 Å². The monoisotopic (exact) mass is 547 g/mol. The second-order valence-electron chi connectivity index (χ2n) is 9.25. The molecule has 40 heavy (non-hydrogen) atoms. The molecule has 1 N–H and O–H groups in total. The molecule has 210 valence electrons. The maximum Gasteiger partial charge on any atom is 0.295 e. The molecule has 0 radical (unpaired) electrons. The van der Waals surface area contributed by atoms with Crippen LogP contribution in [0.3, 0.4) is 0 Å². The van der Waals surface area contributed by atoms with Crippen molar-refractivity contribution in [3.05, 3.63) is 88.5 Å². The lowest BCUT2D eigenvalue weighted by Crippen LogP contribution is -2.32. The largest absolute Gasteiger partial charge is 0.507 e. The summed E-state index contributed by atoms with van der Waals surface area (Å²) in [6.45, 7) is 2.73. The van der Waals surface area contributed by atoms with Crippen molar-refractivity contribution in [1.82, 2.24) is 4.90 Å². The molecule has 4 rings (SSSR count). The predicted molar refractivity (Wildman–Crippen MR) is 149 cm³/mol. The molecule has 0 saturated carbocycles. The number of hydrogen-bond donors (Lipinski definition) is 1. The van der Waals surface area contributed by atoms with Gasteiger partial charge in [0, 0.05) is 19.2 Å². The Balaban J connectivity index is 1.73. The molecule has 3 aromatic rings. The van der Waals surface area contributed by atoms with E-state index in [1.165, 1.54) is 33.3 Å². The van der Waals surface area contributed by atoms with Crippen molar-refractivity contribution in [1.29, 1.82) is 0 Å². The van der Waals surface area contributed by atoms with Crippen molar-refractivity contribution < 1.29 is 38.4 Å². The first-order chi connectivity index (χ1) is 19.3. The van der Waals surface area contributed by atoms with E-state index in [4.69, 9.17) is 23.7 Å². The third-order valence-corrected chi connectivity index (χ3v) is 6.69. The lowest BCUT2D eigenvalue weighted by molar-refractivity contribution is -0.140. The Morgan fingerprint density at radius 1 is 0.900 bits per heavy atom. The third-order valence-electron chi connectivity index (χ3n) is 6.69. The van der Waals surface area contributed by atoms with E-state index >= 15 is 0 Å². The topological polar surface area (TPSA) is 104 Å². The molecule has 0 aromatic heterocycles. The summed E-state index contributed by atoms with van der Waals surface area (Å²) < 4.78 is 27.5. The van der Waals surface area contributed by atoms with Gasteiger partial charge in [-0.05, 0) is 54.4 Å². The van der Waals surface area contributed by atoms with Crippen LogP contribution in [0.2, 0.25) is 0 Å². The van der Waals surface area contributed by atoms with Gasteiger partial charge in [-0.3, -0.25) is 9.59 Å². The number of aryl methyl sites for hydroxylation is 1. The minimum atomic E-state index is -0.916. The van der Waals surface area contributed by atoms with Crippen LogP contribution in [-0.2, 0) is 20.9 Å². The van der Waals surface area contributed by atoms with Gasteiger partial charge in [0.1, 0.15) is 18.1 Å². The number of methoxy groups -OCH3 is 4. The fourth-order valence-electron chi connectivity index (χ4n) is 4.74. The van der Waals surface area contributed by atoms with Crippen molar-refractivity contribution in [3.8, 4) is 23.0 Å². The first-order valence-corrected chi connectivity index (χ1v) is 12.7. The number of ether oxygens (including phenoxy) is 5. The molecule has 1 heterocycles. The highest BCUT2D eigenvalue weighted by Crippen LogP contribution is 2.45. The summed E-state index contributed by atoms with van der Waals surface area (Å²) in [4.78, 5) is 27.8. The molecular formula is C31H33NO8. The molecular weight excluding hydrogens is 514 g/mol. The van der Waals surface area contributed by atoms with Crippen LogP contribution in [0.5, 0.6) is 23.0 Å². The van der Waals surface area contributed by atoms with Crippen molar-refractivity contribution in [2.45, 2.75) is 19.6 Å². The number of aliphatic hydroxyl groups excluding tert-OH is 1. The summed E-state index contributed by atoms with van der Waals surface area (Å²) in [6.07, 6.45) is 0. The maximum atomic E-state index is 13.3. The molecule has 9 nitrogen and oxygen atoms in total. The predicted octanol–water partition coefficient (Wildman–Crippen LogP) is 4.67. The third kappa shape index (κ3) is 5.74. The highest BCUT2D eigenvalue weighted by atomic mass is 16.5. The molecule has 1 aliphatic heterocycles. The van der Waals surface area contributed by atoms with Crippen molar-refractivity contribution in [2.24, 2.45) is 0 Å². The highest BCUT2D eigenvalue weighted by Gasteiger charge is 2.46. The second kappa shape index (κ2) is 12.6. The van der Waals surface area contributed by atoms with Crippen molar-refractivity contribution in [3.63, 3.8) is 0 Å². The second-order valence-corrected chi connectivity index (χ2v) is 9.25. The number of aliphatic hydroxyl groups is 1. The number of nitrogens with zero attached hydrogens (tertiary/aromatic N) is 1. The Hall–Kier alpha value is -4.50. The summed E-state index contributed by atoms with van der Waals surface area (Å²) >= 11 is 0. The summed E-state index contributed by atoms with van der Waals surface area (Å²) in [5.41, 5.74) is 3.00. The Labute approximate surface area is 233 Å². The normalized spacial score (nSPS) is 16.2. The van der Waals surface area contributed by atoms with Gasteiger partial charge in [0.25, 0.3) is 11.7 Å². The van der Waals surface area contributed by atoms with Crippen LogP contribution in [0.1, 0.15) is 28.3 Å². The molecule has 3 aromatic carbocycles. The van der Waals surface area contributed by atoms with Gasteiger partial charge in [0.15, 0.2) is 11.5 Å². The smallest absolute Gasteiger partial charge is 0.295 e. The minimum Gasteiger partial charge on any atom is -0.507 e. The van der Waals surface area contributed by atoms with Crippen LogP contribution in [0, 0.1) is 6.92 Å². The molecule has 0 bridgehead atoms. The van der Waals surface area contributed by atoms with E-state index in [9.17, 15) is 14.7 Å². The van der Waals surface area contributed by atoms with E-state index in [0.717, 1.165) is 11.1 Å². The molecule has 1 amide bonds. The van der Waals surface area contributed by atoms with E-state index in [0.29, 0.717) is 40.7 Å². The van der Waals surface area contributed by atoms with Gasteiger partial charge >= 0.3 is 0 Å². The average Bonchev–Trinajstić information content (AvgIpc) is 3.23. The lowest BCUT2D eigenvalue weighted by atomic mass is 9.94. The van der Waals surface area contributed by atoms with Gasteiger partial charge in [-0.1, -0.05) is 29.8 Å². The number of rotatable bonds is 11. The molecule has 0 aliphatic carbocycles. The standard InChI is InChI=1S/C31H33NO8/c1-19-7-6-8-20(15-19)18-40-23-11-9-21(10-12-23)28(33)26-27(32(13-14-36-2)31(35)29(26)34)22-16-24(37-3)30(39-5)25(17-22)38-4/h6-12,15-17,27,33H,13-14,18H2,1-5H3/b28-26+/t27-/m1/s1. The number of likely N-dealkylation sites (tertiary alicyclic amines) is 1. The summed E-state index contributed by atoms with van der Waals surface area (Å²) in [6, 6.07) is 17.1. The van der Waals surface area contributed by atoms with Crippen LogP contribution in [0.4, 0.5) is 0 Å². The fraction of sp³-hybridized carbons (Fsp3) is 0.290. The van der Waals surface area contributed by atoms with E-state index in [1.807, 2.05) is 31.2 Å². The van der Waals surface area contributed by atoms with Crippen LogP contribution < -0.4 is 18.9 Å². The number of carbonyl (C=O) groups excluding carboxylic acids is 2. The average molecular weight is 548 g/mol. The van der Waals surface area contributed by atoms with Crippen LogP contribution >= 0.6 is 0 Å². The Morgan fingerprint density at radius 2 is 1.57 bits per heavy atom. The highest BCUT2D eigenvalue weighted by molar-refractivity contribution is 6.46.